The molecule has 7 heteroatoms. The molecule has 0 radical (unpaired) electrons. The highest BCUT2D eigenvalue weighted by molar-refractivity contribution is 7.99. The van der Waals surface area contributed by atoms with Gasteiger partial charge in [0.15, 0.2) is 5.82 Å². The molecule has 1 aromatic rings. The molecule has 1 fully saturated rings. The fourth-order valence-electron chi connectivity index (χ4n) is 1.53. The molecule has 1 aromatic heterocycles. The van der Waals surface area contributed by atoms with E-state index in [9.17, 15) is 4.79 Å². The lowest BCUT2D eigenvalue weighted by atomic mass is 10.5. The molecule has 2 atom stereocenters. The molecule has 0 aromatic carbocycles. The molecule has 1 saturated heterocycles. The molecule has 98 valence electrons. The van der Waals surface area contributed by atoms with Gasteiger partial charge in [-0.3, -0.25) is 4.57 Å². The molecule has 2 unspecified atom stereocenters. The molecule has 1 aliphatic rings. The van der Waals surface area contributed by atoms with Crippen LogP contribution in [0.2, 0.25) is 0 Å². The second-order valence-corrected chi connectivity index (χ2v) is 5.51. The quantitative estimate of drug-likeness (QED) is 0.606. The molecule has 0 spiro atoms. The maximum atomic E-state index is 11.9. The van der Waals surface area contributed by atoms with Gasteiger partial charge in [-0.25, -0.2) is 9.79 Å². The van der Waals surface area contributed by atoms with Gasteiger partial charge in [0.2, 0.25) is 0 Å². The minimum absolute atomic E-state index is 0.119. The highest BCUT2D eigenvalue weighted by Crippen LogP contribution is 2.30. The minimum Gasteiger partial charge on any atom is -0.369 e. The summed E-state index contributed by atoms with van der Waals surface area (Å²) in [5.41, 5.74) is -0.212. The molecule has 18 heavy (non-hydrogen) atoms. The van der Waals surface area contributed by atoms with Crippen LogP contribution < -0.4 is 5.69 Å². The van der Waals surface area contributed by atoms with E-state index >= 15 is 0 Å². The predicted octanol–water partition coefficient (Wildman–Crippen LogP) is 1.07. The number of rotatable bonds is 3. The van der Waals surface area contributed by atoms with Crippen molar-refractivity contribution in [3.8, 4) is 0 Å². The number of hydrogen-bond donors (Lipinski definition) is 0. The Labute approximate surface area is 110 Å². The van der Waals surface area contributed by atoms with Crippen molar-refractivity contribution in [2.24, 2.45) is 4.99 Å². The highest BCUT2D eigenvalue weighted by atomic mass is 32.2. The van der Waals surface area contributed by atoms with Gasteiger partial charge in [0.1, 0.15) is 11.7 Å². The lowest BCUT2D eigenvalue weighted by Gasteiger charge is -2.12. The first kappa shape index (κ1) is 13.1. The number of thioether (sulfide) groups is 1. The number of ether oxygens (including phenoxy) is 1. The summed E-state index contributed by atoms with van der Waals surface area (Å²) >= 11 is 1.68. The number of hydrogen-bond acceptors (Lipinski definition) is 5. The summed E-state index contributed by atoms with van der Waals surface area (Å²) in [6, 6.07) is 1.71. The predicted molar refractivity (Wildman–Crippen MR) is 72.4 cm³/mol. The summed E-state index contributed by atoms with van der Waals surface area (Å²) in [4.78, 5) is 21.6. The average Bonchev–Trinajstić information content (AvgIpc) is 2.73. The molecule has 6 nitrogen and oxygen atoms in total. The highest BCUT2D eigenvalue weighted by Gasteiger charge is 2.24. The van der Waals surface area contributed by atoms with E-state index in [0.29, 0.717) is 5.82 Å². The molecule has 0 N–H and O–H groups in total. The summed E-state index contributed by atoms with van der Waals surface area (Å²) in [6.45, 7) is 1.97. The van der Waals surface area contributed by atoms with Crippen LogP contribution in [0.1, 0.15) is 13.2 Å². The number of aromatic nitrogens is 2. The Morgan fingerprint density at radius 2 is 2.44 bits per heavy atom. The van der Waals surface area contributed by atoms with Gasteiger partial charge in [0, 0.05) is 26.0 Å². The first-order chi connectivity index (χ1) is 8.56. The van der Waals surface area contributed by atoms with Crippen molar-refractivity contribution in [1.82, 2.24) is 14.5 Å². The summed E-state index contributed by atoms with van der Waals surface area (Å²) in [5, 5.41) is 0. The van der Waals surface area contributed by atoms with Gasteiger partial charge >= 0.3 is 5.69 Å². The van der Waals surface area contributed by atoms with Gasteiger partial charge in [-0.1, -0.05) is 0 Å². The third-order valence-electron chi connectivity index (χ3n) is 2.37. The zero-order chi connectivity index (χ0) is 13.1. The van der Waals surface area contributed by atoms with E-state index in [1.165, 1.54) is 4.57 Å². The molecule has 0 saturated carbocycles. The van der Waals surface area contributed by atoms with E-state index in [-0.39, 0.29) is 17.4 Å². The van der Waals surface area contributed by atoms with Gasteiger partial charge in [0.25, 0.3) is 0 Å². The summed E-state index contributed by atoms with van der Waals surface area (Å²) in [7, 11) is 3.71. The normalized spacial score (nSPS) is 23.7. The van der Waals surface area contributed by atoms with Crippen LogP contribution in [-0.4, -0.2) is 46.1 Å². The van der Waals surface area contributed by atoms with Crippen molar-refractivity contribution in [1.29, 1.82) is 0 Å². The monoisotopic (exact) mass is 268 g/mol. The maximum Gasteiger partial charge on any atom is 0.351 e. The van der Waals surface area contributed by atoms with Crippen molar-refractivity contribution in [2.45, 2.75) is 18.6 Å². The van der Waals surface area contributed by atoms with E-state index in [2.05, 4.69) is 9.98 Å². The summed E-state index contributed by atoms with van der Waals surface area (Å²) in [5.74, 6) is 1.17. The Bertz CT molecular complexity index is 500. The molecule has 0 bridgehead atoms. The van der Waals surface area contributed by atoms with Crippen LogP contribution in [-0.2, 0) is 4.74 Å². The van der Waals surface area contributed by atoms with Crippen molar-refractivity contribution < 1.29 is 4.74 Å². The van der Waals surface area contributed by atoms with Gasteiger partial charge in [-0.2, -0.15) is 4.98 Å². The van der Waals surface area contributed by atoms with Crippen LogP contribution in [0, 0.1) is 0 Å². The summed E-state index contributed by atoms with van der Waals surface area (Å²) < 4.78 is 7.11. The Hall–Kier alpha value is -1.34. The molecular formula is C11H16N4O2S. The van der Waals surface area contributed by atoms with E-state index in [4.69, 9.17) is 4.74 Å². The van der Waals surface area contributed by atoms with Crippen LogP contribution >= 0.6 is 11.8 Å². The molecule has 0 amide bonds. The van der Waals surface area contributed by atoms with Gasteiger partial charge < -0.3 is 9.64 Å². The van der Waals surface area contributed by atoms with Crippen LogP contribution in [0.5, 0.6) is 0 Å². The van der Waals surface area contributed by atoms with E-state index in [0.717, 1.165) is 5.75 Å². The maximum absolute atomic E-state index is 11.9. The summed E-state index contributed by atoms with van der Waals surface area (Å²) in [6.07, 6.45) is 3.06. The number of aliphatic imine (C=N–C) groups is 1. The van der Waals surface area contributed by atoms with Crippen LogP contribution in [0.15, 0.2) is 22.1 Å². The van der Waals surface area contributed by atoms with Crippen LogP contribution in [0.3, 0.4) is 0 Å². The second kappa shape index (κ2) is 5.53. The molecular weight excluding hydrogens is 252 g/mol. The molecule has 0 aliphatic carbocycles. The fraction of sp³-hybridized carbons (Fsp3) is 0.545. The van der Waals surface area contributed by atoms with E-state index in [1.807, 2.05) is 21.0 Å². The lowest BCUT2D eigenvalue weighted by molar-refractivity contribution is 0.0236. The largest absolute Gasteiger partial charge is 0.369 e. The zero-order valence-electron chi connectivity index (χ0n) is 10.6. The minimum atomic E-state index is -0.330. The Morgan fingerprint density at radius 3 is 3.00 bits per heavy atom. The zero-order valence-corrected chi connectivity index (χ0v) is 11.4. The van der Waals surface area contributed by atoms with Gasteiger partial charge in [0.05, 0.1) is 6.34 Å². The average molecular weight is 268 g/mol. The number of nitrogens with zero attached hydrogens (tertiary/aromatic N) is 4. The molecule has 2 heterocycles. The third-order valence-corrected chi connectivity index (χ3v) is 3.43. The third kappa shape index (κ3) is 3.11. The van der Waals surface area contributed by atoms with Gasteiger partial charge in [-0.15, -0.1) is 11.8 Å². The Kier molecular flexibility index (Phi) is 4.03. The topological polar surface area (TPSA) is 59.7 Å². The second-order valence-electron chi connectivity index (χ2n) is 4.18. The molecule has 2 rings (SSSR count). The smallest absolute Gasteiger partial charge is 0.351 e. The SMILES string of the molecule is CC1OC(n2ccc(N=CN(C)C)nc2=O)CS1. The lowest BCUT2D eigenvalue weighted by Crippen LogP contribution is -2.27. The van der Waals surface area contributed by atoms with Crippen molar-refractivity contribution in [3.05, 3.63) is 22.7 Å². The van der Waals surface area contributed by atoms with Crippen LogP contribution in [0.25, 0.3) is 0 Å². The standard InChI is InChI=1S/C11H16N4O2S/c1-8-17-10(6-18-8)15-5-4-9(13-11(15)16)12-7-14(2)3/h4-5,7-8,10H,6H2,1-3H3. The van der Waals surface area contributed by atoms with Crippen LogP contribution in [0.4, 0.5) is 5.82 Å². The Morgan fingerprint density at radius 1 is 1.67 bits per heavy atom. The molecule has 1 aliphatic heterocycles. The van der Waals surface area contributed by atoms with Gasteiger partial charge in [-0.05, 0) is 13.0 Å². The van der Waals surface area contributed by atoms with Crippen molar-refractivity contribution in [3.63, 3.8) is 0 Å². The first-order valence-corrected chi connectivity index (χ1v) is 6.68. The van der Waals surface area contributed by atoms with E-state index < -0.39 is 0 Å². The fourth-order valence-corrected chi connectivity index (χ4v) is 2.41. The first-order valence-electron chi connectivity index (χ1n) is 5.63. The Balaban J connectivity index is 2.18. The van der Waals surface area contributed by atoms with Crippen molar-refractivity contribution in [2.75, 3.05) is 19.8 Å². The van der Waals surface area contributed by atoms with E-state index in [1.54, 1.807) is 35.3 Å². The van der Waals surface area contributed by atoms with Crippen molar-refractivity contribution >= 4 is 23.9 Å².